The molecule has 2 aliphatic rings. The molecule has 1 atom stereocenters. The van der Waals surface area contributed by atoms with Crippen LogP contribution in [0.2, 0.25) is 0 Å². The fraction of sp³-hybridized carbons (Fsp3) is 0.414. The number of aromatic nitrogens is 2. The van der Waals surface area contributed by atoms with Crippen molar-refractivity contribution in [2.24, 2.45) is 0 Å². The number of rotatable bonds is 7. The molecule has 10 heteroatoms. The van der Waals surface area contributed by atoms with Gasteiger partial charge in [0.25, 0.3) is 5.89 Å². The lowest BCUT2D eigenvalue weighted by Gasteiger charge is -2.26. The Morgan fingerprint density at radius 2 is 2.03 bits per heavy atom. The van der Waals surface area contributed by atoms with Crippen molar-refractivity contribution in [3.63, 3.8) is 0 Å². The van der Waals surface area contributed by atoms with Crippen LogP contribution in [0.4, 0.5) is 4.79 Å². The highest BCUT2D eigenvalue weighted by Gasteiger charge is 2.28. The molecule has 1 unspecified atom stereocenters. The largest absolute Gasteiger partial charge is 0.490 e. The van der Waals surface area contributed by atoms with E-state index in [0.717, 1.165) is 55.5 Å². The van der Waals surface area contributed by atoms with Gasteiger partial charge in [0.1, 0.15) is 24.5 Å². The molecule has 1 N–H and O–H groups in total. The second-order valence-electron chi connectivity index (χ2n) is 10.0. The molecule has 0 radical (unpaired) electrons. The first-order valence-corrected chi connectivity index (χ1v) is 13.3. The topological polar surface area (TPSA) is 131 Å². The third kappa shape index (κ3) is 5.87. The summed E-state index contributed by atoms with van der Waals surface area (Å²) in [5.74, 6) is 1.13. The molecule has 0 saturated carbocycles. The van der Waals surface area contributed by atoms with Gasteiger partial charge >= 0.3 is 6.09 Å². The van der Waals surface area contributed by atoms with Crippen LogP contribution in [0.15, 0.2) is 40.9 Å². The van der Waals surface area contributed by atoms with Gasteiger partial charge in [-0.25, -0.2) is 4.79 Å². The van der Waals surface area contributed by atoms with Crippen molar-refractivity contribution in [3.8, 4) is 34.7 Å². The van der Waals surface area contributed by atoms with Gasteiger partial charge in [-0.2, -0.15) is 10.2 Å². The van der Waals surface area contributed by atoms with Crippen LogP contribution in [-0.4, -0.2) is 52.8 Å². The fourth-order valence-corrected chi connectivity index (χ4v) is 5.09. The van der Waals surface area contributed by atoms with E-state index in [0.29, 0.717) is 35.0 Å². The second kappa shape index (κ2) is 11.6. The highest BCUT2D eigenvalue weighted by Crippen LogP contribution is 2.38. The first-order chi connectivity index (χ1) is 18.9. The van der Waals surface area contributed by atoms with E-state index in [1.165, 1.54) is 0 Å². The van der Waals surface area contributed by atoms with Crippen LogP contribution in [-0.2, 0) is 16.0 Å². The summed E-state index contributed by atoms with van der Waals surface area (Å²) in [4.78, 5) is 31.1. The smallest absolute Gasteiger partial charge is 0.408 e. The summed E-state index contributed by atoms with van der Waals surface area (Å²) < 4.78 is 17.0. The molecule has 1 aromatic heterocycles. The third-order valence-electron chi connectivity index (χ3n) is 6.92. The molecule has 10 nitrogen and oxygen atoms in total. The molecule has 39 heavy (non-hydrogen) atoms. The number of nitrogens with zero attached hydrogens (tertiary/aromatic N) is 4. The van der Waals surface area contributed by atoms with Crippen molar-refractivity contribution >= 4 is 12.0 Å². The fourth-order valence-electron chi connectivity index (χ4n) is 5.09. The molecule has 2 heterocycles. The van der Waals surface area contributed by atoms with E-state index in [9.17, 15) is 14.9 Å². The van der Waals surface area contributed by atoms with E-state index in [1.54, 1.807) is 23.1 Å². The SMILES string of the molecule is CC(C)Oc1ccc(-c2nc(-c3cccc4c3CCCC4OC(=O)NCC(=O)N3CCCC3)no2)cc1C#N. The Kier molecular flexibility index (Phi) is 7.77. The zero-order valence-corrected chi connectivity index (χ0v) is 22.1. The normalized spacial score (nSPS) is 16.5. The first-order valence-electron chi connectivity index (χ1n) is 13.3. The Morgan fingerprint density at radius 3 is 2.79 bits per heavy atom. The Labute approximate surface area is 226 Å². The Morgan fingerprint density at radius 1 is 1.21 bits per heavy atom. The van der Waals surface area contributed by atoms with Gasteiger partial charge in [0, 0.05) is 24.2 Å². The zero-order chi connectivity index (χ0) is 27.4. The maximum absolute atomic E-state index is 12.5. The van der Waals surface area contributed by atoms with Gasteiger partial charge in [0.15, 0.2) is 0 Å². The highest BCUT2D eigenvalue weighted by atomic mass is 16.6. The average Bonchev–Trinajstić information content (AvgIpc) is 3.65. The minimum Gasteiger partial charge on any atom is -0.490 e. The number of ether oxygens (including phenoxy) is 2. The summed E-state index contributed by atoms with van der Waals surface area (Å²) in [6.45, 7) is 5.21. The van der Waals surface area contributed by atoms with E-state index in [-0.39, 0.29) is 18.6 Å². The summed E-state index contributed by atoms with van der Waals surface area (Å²) in [5.41, 5.74) is 3.71. The number of carbonyl (C=O) groups excluding carboxylic acids is 2. The number of nitrogens with one attached hydrogen (secondary N) is 1. The summed E-state index contributed by atoms with van der Waals surface area (Å²) >= 11 is 0. The van der Waals surface area contributed by atoms with E-state index in [4.69, 9.17) is 14.0 Å². The van der Waals surface area contributed by atoms with Crippen LogP contribution in [0.1, 0.15) is 62.3 Å². The predicted molar refractivity (Wildman–Crippen MR) is 142 cm³/mol. The molecule has 1 aliphatic carbocycles. The van der Waals surface area contributed by atoms with Crippen LogP contribution in [0.25, 0.3) is 22.8 Å². The standard InChI is InChI=1S/C29H31N5O5/c1-18(2)37-24-12-11-19(15-20(24)16-30)28-32-27(33-39-28)23-9-5-8-22-21(23)7-6-10-25(22)38-29(36)31-17-26(35)34-13-3-4-14-34/h5,8-9,11-12,15,18,25H,3-4,6-7,10,13-14,17H2,1-2H3,(H,31,36). The van der Waals surface area contributed by atoms with E-state index >= 15 is 0 Å². The van der Waals surface area contributed by atoms with Crippen LogP contribution in [0.5, 0.6) is 5.75 Å². The number of alkyl carbamates (subject to hydrolysis) is 1. The molecule has 0 bridgehead atoms. The van der Waals surface area contributed by atoms with Gasteiger partial charge in [0.05, 0.1) is 11.7 Å². The monoisotopic (exact) mass is 529 g/mol. The Balaban J connectivity index is 1.31. The number of carbonyl (C=O) groups is 2. The Bertz CT molecular complexity index is 1400. The lowest BCUT2D eigenvalue weighted by Crippen LogP contribution is -2.39. The second-order valence-corrected chi connectivity index (χ2v) is 10.0. The van der Waals surface area contributed by atoms with Crippen LogP contribution in [0, 0.1) is 11.3 Å². The number of nitriles is 1. The number of fused-ring (bicyclic) bond motifs is 1. The van der Waals surface area contributed by atoms with Crippen molar-refractivity contribution in [1.29, 1.82) is 5.26 Å². The minimum atomic E-state index is -0.606. The van der Waals surface area contributed by atoms with E-state index in [2.05, 4.69) is 21.5 Å². The van der Waals surface area contributed by atoms with Gasteiger partial charge in [-0.15, -0.1) is 0 Å². The molecule has 1 fully saturated rings. The molecular formula is C29H31N5O5. The van der Waals surface area contributed by atoms with Gasteiger partial charge < -0.3 is 24.2 Å². The third-order valence-corrected chi connectivity index (χ3v) is 6.92. The van der Waals surface area contributed by atoms with E-state index < -0.39 is 12.2 Å². The molecular weight excluding hydrogens is 498 g/mol. The van der Waals surface area contributed by atoms with Gasteiger partial charge in [0.2, 0.25) is 11.7 Å². The van der Waals surface area contributed by atoms with Crippen molar-refractivity contribution in [1.82, 2.24) is 20.4 Å². The number of benzene rings is 2. The number of likely N-dealkylation sites (tertiary alicyclic amines) is 1. The van der Waals surface area contributed by atoms with Crippen LogP contribution >= 0.6 is 0 Å². The molecule has 0 spiro atoms. The summed E-state index contributed by atoms with van der Waals surface area (Å²) in [5, 5.41) is 16.4. The number of hydrogen-bond donors (Lipinski definition) is 1. The molecule has 5 rings (SSSR count). The van der Waals surface area contributed by atoms with Crippen molar-refractivity contribution in [2.75, 3.05) is 19.6 Å². The number of amides is 2. The summed E-state index contributed by atoms with van der Waals surface area (Å²) in [7, 11) is 0. The maximum atomic E-state index is 12.5. The maximum Gasteiger partial charge on any atom is 0.408 e. The van der Waals surface area contributed by atoms with Gasteiger partial charge in [-0.3, -0.25) is 4.79 Å². The zero-order valence-electron chi connectivity index (χ0n) is 22.1. The first kappa shape index (κ1) is 26.2. The predicted octanol–water partition coefficient (Wildman–Crippen LogP) is 4.79. The van der Waals surface area contributed by atoms with Crippen molar-refractivity contribution < 1.29 is 23.6 Å². The van der Waals surface area contributed by atoms with Crippen molar-refractivity contribution in [2.45, 2.75) is 58.2 Å². The molecule has 2 amide bonds. The summed E-state index contributed by atoms with van der Waals surface area (Å²) in [6, 6.07) is 13.1. The quantitative estimate of drug-likeness (QED) is 0.462. The highest BCUT2D eigenvalue weighted by molar-refractivity contribution is 5.82. The average molecular weight is 530 g/mol. The van der Waals surface area contributed by atoms with E-state index in [1.807, 2.05) is 32.0 Å². The summed E-state index contributed by atoms with van der Waals surface area (Å²) in [6.07, 6.45) is 3.19. The molecule has 2 aromatic carbocycles. The minimum absolute atomic E-state index is 0.0569. The van der Waals surface area contributed by atoms with Crippen LogP contribution < -0.4 is 10.1 Å². The lowest BCUT2D eigenvalue weighted by molar-refractivity contribution is -0.129. The molecule has 1 saturated heterocycles. The van der Waals surface area contributed by atoms with Gasteiger partial charge in [-0.05, 0) is 75.3 Å². The number of hydrogen-bond acceptors (Lipinski definition) is 8. The molecule has 3 aromatic rings. The van der Waals surface area contributed by atoms with Crippen LogP contribution in [0.3, 0.4) is 0 Å². The lowest BCUT2D eigenvalue weighted by atomic mass is 9.86. The molecule has 1 aliphatic heterocycles. The van der Waals surface area contributed by atoms with Gasteiger partial charge in [-0.1, -0.05) is 23.4 Å². The van der Waals surface area contributed by atoms with Crippen molar-refractivity contribution in [3.05, 3.63) is 53.1 Å². The Hall–Kier alpha value is -4.39. The molecule has 202 valence electrons.